The standard InChI is InChI=1S/C34H60/c1-3-11-27(12-4-1)15-7-8-18-31-25-26-33(30-16-9-10-17-30)34(31)32-23-21-29(22-24-32)20-19-28-13-5-2-6-14-28/h27-34H,1-26H2. The van der Waals surface area contributed by atoms with E-state index in [1.54, 1.807) is 128 Å². The summed E-state index contributed by atoms with van der Waals surface area (Å²) in [6.45, 7) is 0. The average Bonchev–Trinajstić information content (AvgIpc) is 3.57. The summed E-state index contributed by atoms with van der Waals surface area (Å²) in [4.78, 5) is 0. The highest BCUT2D eigenvalue weighted by Crippen LogP contribution is 2.54. The predicted octanol–water partition coefficient (Wildman–Crippen LogP) is 11.1. The second-order valence-electron chi connectivity index (χ2n) is 14.3. The molecule has 0 heterocycles. The van der Waals surface area contributed by atoms with Gasteiger partial charge in [0.1, 0.15) is 0 Å². The molecule has 0 aromatic rings. The van der Waals surface area contributed by atoms with Crippen LogP contribution in [0.15, 0.2) is 0 Å². The number of rotatable bonds is 10. The maximum atomic E-state index is 1.62. The Morgan fingerprint density at radius 3 is 1.53 bits per heavy atom. The molecule has 196 valence electrons. The van der Waals surface area contributed by atoms with Gasteiger partial charge in [-0.1, -0.05) is 141 Å². The van der Waals surface area contributed by atoms with Gasteiger partial charge >= 0.3 is 0 Å². The first-order valence-electron chi connectivity index (χ1n) is 16.9. The van der Waals surface area contributed by atoms with Crippen LogP contribution in [0.25, 0.3) is 0 Å². The van der Waals surface area contributed by atoms with E-state index in [4.69, 9.17) is 0 Å². The van der Waals surface area contributed by atoms with Crippen molar-refractivity contribution in [2.24, 2.45) is 47.3 Å². The van der Waals surface area contributed by atoms with Gasteiger partial charge in [0.05, 0.1) is 0 Å². The van der Waals surface area contributed by atoms with Gasteiger partial charge in [0.2, 0.25) is 0 Å². The molecular weight excluding hydrogens is 408 g/mol. The molecule has 3 unspecified atom stereocenters. The van der Waals surface area contributed by atoms with Gasteiger partial charge in [-0.25, -0.2) is 0 Å². The Balaban J connectivity index is 1.09. The Morgan fingerprint density at radius 1 is 0.353 bits per heavy atom. The SMILES string of the molecule is C1CCC(CCCCC2CCC(C3CCCC3)C2C2CCC(CCC3CCCCC3)CC2)CC1. The fraction of sp³-hybridized carbons (Fsp3) is 1.00. The van der Waals surface area contributed by atoms with E-state index in [0.717, 1.165) is 47.3 Å². The van der Waals surface area contributed by atoms with Crippen LogP contribution >= 0.6 is 0 Å². The first-order chi connectivity index (χ1) is 16.9. The van der Waals surface area contributed by atoms with Crippen molar-refractivity contribution < 1.29 is 0 Å². The van der Waals surface area contributed by atoms with Crippen molar-refractivity contribution in [1.82, 2.24) is 0 Å². The molecule has 5 saturated carbocycles. The van der Waals surface area contributed by atoms with Gasteiger partial charge in [0.25, 0.3) is 0 Å². The summed E-state index contributed by atoms with van der Waals surface area (Å²) in [7, 11) is 0. The number of unbranched alkanes of at least 4 members (excludes halogenated alkanes) is 1. The average molecular weight is 469 g/mol. The Morgan fingerprint density at radius 2 is 0.882 bits per heavy atom. The first kappa shape index (κ1) is 25.6. The van der Waals surface area contributed by atoms with E-state index in [9.17, 15) is 0 Å². The second-order valence-corrected chi connectivity index (χ2v) is 14.3. The van der Waals surface area contributed by atoms with Crippen molar-refractivity contribution in [2.75, 3.05) is 0 Å². The molecule has 0 aromatic carbocycles. The van der Waals surface area contributed by atoms with Crippen molar-refractivity contribution in [2.45, 2.75) is 167 Å². The van der Waals surface area contributed by atoms with Crippen LogP contribution in [0.4, 0.5) is 0 Å². The third-order valence-electron chi connectivity index (χ3n) is 12.2. The minimum Gasteiger partial charge on any atom is -0.0533 e. The Kier molecular flexibility index (Phi) is 10.2. The van der Waals surface area contributed by atoms with Crippen LogP contribution in [0.2, 0.25) is 0 Å². The molecule has 0 radical (unpaired) electrons. The quantitative estimate of drug-likeness (QED) is 0.280. The number of hydrogen-bond donors (Lipinski definition) is 0. The minimum atomic E-state index is 1.10. The summed E-state index contributed by atoms with van der Waals surface area (Å²) in [6, 6.07) is 0. The maximum Gasteiger partial charge on any atom is -0.0326 e. The maximum absolute atomic E-state index is 1.62. The van der Waals surface area contributed by atoms with Crippen molar-refractivity contribution in [3.8, 4) is 0 Å². The van der Waals surface area contributed by atoms with Crippen LogP contribution < -0.4 is 0 Å². The molecule has 5 rings (SSSR count). The molecule has 0 bridgehead atoms. The van der Waals surface area contributed by atoms with Crippen molar-refractivity contribution in [3.05, 3.63) is 0 Å². The predicted molar refractivity (Wildman–Crippen MR) is 148 cm³/mol. The summed E-state index contributed by atoms with van der Waals surface area (Å²) in [5, 5.41) is 0. The fourth-order valence-electron chi connectivity index (χ4n) is 10.3. The summed E-state index contributed by atoms with van der Waals surface area (Å²) in [6.07, 6.45) is 40.7. The topological polar surface area (TPSA) is 0 Å². The zero-order valence-electron chi connectivity index (χ0n) is 23.0. The summed E-state index contributed by atoms with van der Waals surface area (Å²) < 4.78 is 0. The van der Waals surface area contributed by atoms with Gasteiger partial charge in [0, 0.05) is 0 Å². The molecule has 5 aliphatic carbocycles. The van der Waals surface area contributed by atoms with Crippen LogP contribution in [0.5, 0.6) is 0 Å². The lowest BCUT2D eigenvalue weighted by Gasteiger charge is -2.40. The molecule has 0 nitrogen and oxygen atoms in total. The van der Waals surface area contributed by atoms with Gasteiger partial charge in [-0.05, 0) is 73.0 Å². The highest BCUT2D eigenvalue weighted by atomic mass is 14.5. The van der Waals surface area contributed by atoms with Crippen LogP contribution in [-0.2, 0) is 0 Å². The van der Waals surface area contributed by atoms with Crippen LogP contribution in [-0.4, -0.2) is 0 Å². The van der Waals surface area contributed by atoms with E-state index in [-0.39, 0.29) is 0 Å². The van der Waals surface area contributed by atoms with E-state index in [1.165, 1.54) is 38.5 Å². The first-order valence-corrected chi connectivity index (χ1v) is 16.9. The lowest BCUT2D eigenvalue weighted by Crippen LogP contribution is -2.31. The zero-order valence-corrected chi connectivity index (χ0v) is 23.0. The smallest absolute Gasteiger partial charge is 0.0326 e. The van der Waals surface area contributed by atoms with Crippen molar-refractivity contribution in [3.63, 3.8) is 0 Å². The van der Waals surface area contributed by atoms with E-state index in [0.29, 0.717) is 0 Å². The Bertz CT molecular complexity index is 538. The van der Waals surface area contributed by atoms with Gasteiger partial charge in [-0.2, -0.15) is 0 Å². The van der Waals surface area contributed by atoms with Gasteiger partial charge in [-0.15, -0.1) is 0 Å². The molecule has 0 saturated heterocycles. The monoisotopic (exact) mass is 468 g/mol. The Labute approximate surface area is 214 Å². The highest BCUT2D eigenvalue weighted by molar-refractivity contribution is 4.94. The largest absolute Gasteiger partial charge is 0.0533 e. The van der Waals surface area contributed by atoms with Crippen molar-refractivity contribution in [1.29, 1.82) is 0 Å². The van der Waals surface area contributed by atoms with E-state index >= 15 is 0 Å². The normalized spacial score (nSPS) is 36.9. The zero-order chi connectivity index (χ0) is 23.0. The van der Waals surface area contributed by atoms with Gasteiger partial charge in [0.15, 0.2) is 0 Å². The minimum absolute atomic E-state index is 1.10. The third-order valence-corrected chi connectivity index (χ3v) is 12.2. The molecule has 0 amide bonds. The molecule has 34 heavy (non-hydrogen) atoms. The summed E-state index contributed by atoms with van der Waals surface area (Å²) >= 11 is 0. The summed E-state index contributed by atoms with van der Waals surface area (Å²) in [5.41, 5.74) is 0. The molecular formula is C34H60. The van der Waals surface area contributed by atoms with Gasteiger partial charge < -0.3 is 0 Å². The van der Waals surface area contributed by atoms with E-state index in [2.05, 4.69) is 0 Å². The molecule has 5 fully saturated rings. The molecule has 0 N–H and O–H groups in total. The molecule has 0 aromatic heterocycles. The van der Waals surface area contributed by atoms with Crippen LogP contribution in [0, 0.1) is 47.3 Å². The van der Waals surface area contributed by atoms with Crippen LogP contribution in [0.3, 0.4) is 0 Å². The second kappa shape index (κ2) is 13.5. The third kappa shape index (κ3) is 7.06. The van der Waals surface area contributed by atoms with Gasteiger partial charge in [-0.3, -0.25) is 0 Å². The molecule has 3 atom stereocenters. The number of hydrogen-bond acceptors (Lipinski definition) is 0. The van der Waals surface area contributed by atoms with Crippen LogP contribution in [0.1, 0.15) is 167 Å². The molecule has 0 spiro atoms. The fourth-order valence-corrected chi connectivity index (χ4v) is 10.3. The molecule has 0 heteroatoms. The molecule has 0 aliphatic heterocycles. The van der Waals surface area contributed by atoms with Crippen molar-refractivity contribution >= 4 is 0 Å². The Hall–Kier alpha value is 0. The molecule has 5 aliphatic rings. The highest BCUT2D eigenvalue weighted by Gasteiger charge is 2.44. The lowest BCUT2D eigenvalue weighted by atomic mass is 9.65. The summed E-state index contributed by atoms with van der Waals surface area (Å²) in [5.74, 6) is 8.92. The van der Waals surface area contributed by atoms with E-state index < -0.39 is 0 Å². The van der Waals surface area contributed by atoms with E-state index in [1.807, 2.05) is 0 Å². The lowest BCUT2D eigenvalue weighted by molar-refractivity contribution is 0.0998.